The van der Waals surface area contributed by atoms with Crippen LogP contribution in [0.3, 0.4) is 0 Å². The number of anilines is 1. The number of amides is 1. The highest BCUT2D eigenvalue weighted by Crippen LogP contribution is 2.21. The Morgan fingerprint density at radius 1 is 1.27 bits per heavy atom. The van der Waals surface area contributed by atoms with E-state index in [1.807, 2.05) is 29.8 Å². The molecular weight excluding hydrogens is 282 g/mol. The molecule has 1 amide bonds. The van der Waals surface area contributed by atoms with Crippen molar-refractivity contribution in [2.45, 2.75) is 26.2 Å². The number of hydrogen-bond acceptors (Lipinski definition) is 6. The van der Waals surface area contributed by atoms with Crippen LogP contribution in [0.25, 0.3) is 0 Å². The van der Waals surface area contributed by atoms with E-state index in [2.05, 4.69) is 15.1 Å². The number of nitrogens with zero attached hydrogens (tertiary/aromatic N) is 5. The number of aromatic nitrogens is 3. The second-order valence-electron chi connectivity index (χ2n) is 5.53. The number of rotatable bonds is 5. The quantitative estimate of drug-likeness (QED) is 0.782. The van der Waals surface area contributed by atoms with Gasteiger partial charge in [0.25, 0.3) is 5.91 Å². The average Bonchev–Trinajstić information content (AvgIpc) is 2.94. The highest BCUT2D eigenvalue weighted by Gasteiger charge is 2.29. The van der Waals surface area contributed by atoms with Gasteiger partial charge in [0.2, 0.25) is 0 Å². The zero-order chi connectivity index (χ0) is 15.5. The van der Waals surface area contributed by atoms with Crippen LogP contribution in [-0.4, -0.2) is 46.2 Å². The number of fused-ring (bicyclic) bond motifs is 1. The van der Waals surface area contributed by atoms with Gasteiger partial charge in [-0.05, 0) is 19.8 Å². The van der Waals surface area contributed by atoms with E-state index < -0.39 is 0 Å². The van der Waals surface area contributed by atoms with E-state index in [1.165, 1.54) is 0 Å². The fourth-order valence-corrected chi connectivity index (χ4v) is 2.61. The number of unbranched alkanes of at least 4 members (excludes halogenated alkanes) is 1. The van der Waals surface area contributed by atoms with Gasteiger partial charge in [0, 0.05) is 38.5 Å². The smallest absolute Gasteiger partial charge is 0.277 e. The highest BCUT2D eigenvalue weighted by atomic mass is 16.5. The van der Waals surface area contributed by atoms with Crippen molar-refractivity contribution >= 4 is 11.7 Å². The predicted octanol–water partition coefficient (Wildman–Crippen LogP) is 1.65. The molecule has 1 aliphatic heterocycles. The van der Waals surface area contributed by atoms with E-state index in [1.54, 1.807) is 12.4 Å². The summed E-state index contributed by atoms with van der Waals surface area (Å²) >= 11 is 0. The first-order valence-electron chi connectivity index (χ1n) is 7.39. The Kier molecular flexibility index (Phi) is 4.04. The monoisotopic (exact) mass is 301 g/mol. The molecule has 0 N–H and O–H groups in total. The van der Waals surface area contributed by atoms with Gasteiger partial charge in [-0.3, -0.25) is 4.79 Å². The molecule has 0 aromatic carbocycles. The molecular formula is C15H19N5O2. The van der Waals surface area contributed by atoms with Crippen molar-refractivity contribution < 1.29 is 9.32 Å². The van der Waals surface area contributed by atoms with Gasteiger partial charge in [-0.2, -0.15) is 0 Å². The van der Waals surface area contributed by atoms with Crippen LogP contribution in [0.4, 0.5) is 5.82 Å². The second kappa shape index (κ2) is 6.13. The van der Waals surface area contributed by atoms with Crippen LogP contribution in [0.2, 0.25) is 0 Å². The maximum Gasteiger partial charge on any atom is 0.277 e. The lowest BCUT2D eigenvalue weighted by molar-refractivity contribution is 0.0733. The molecule has 2 aromatic rings. The van der Waals surface area contributed by atoms with Crippen molar-refractivity contribution in [2.75, 3.05) is 25.2 Å². The molecule has 0 spiro atoms. The van der Waals surface area contributed by atoms with Crippen LogP contribution >= 0.6 is 0 Å². The van der Waals surface area contributed by atoms with Gasteiger partial charge in [-0.1, -0.05) is 5.16 Å². The Morgan fingerprint density at radius 3 is 2.86 bits per heavy atom. The van der Waals surface area contributed by atoms with Crippen LogP contribution in [0.1, 0.15) is 34.8 Å². The lowest BCUT2D eigenvalue weighted by Gasteiger charge is -2.34. The summed E-state index contributed by atoms with van der Waals surface area (Å²) in [6, 6.07) is 1.95. The normalized spacial score (nSPS) is 14.4. The molecule has 2 aromatic heterocycles. The molecule has 3 rings (SSSR count). The van der Waals surface area contributed by atoms with Crippen LogP contribution < -0.4 is 4.90 Å². The highest BCUT2D eigenvalue weighted by molar-refractivity contribution is 5.98. The van der Waals surface area contributed by atoms with E-state index >= 15 is 0 Å². The Balaban J connectivity index is 1.54. The summed E-state index contributed by atoms with van der Waals surface area (Å²) in [5.41, 5.74) is 1.33. The third kappa shape index (κ3) is 2.93. The first-order valence-corrected chi connectivity index (χ1v) is 7.39. The molecule has 22 heavy (non-hydrogen) atoms. The Bertz CT molecular complexity index is 669. The number of carbonyl (C=O) groups is 1. The Morgan fingerprint density at radius 2 is 2.09 bits per heavy atom. The van der Waals surface area contributed by atoms with E-state index in [4.69, 9.17) is 4.52 Å². The van der Waals surface area contributed by atoms with Gasteiger partial charge in [0.1, 0.15) is 5.76 Å². The van der Waals surface area contributed by atoms with Crippen LogP contribution in [-0.2, 0) is 6.42 Å². The van der Waals surface area contributed by atoms with Crippen LogP contribution in [0.15, 0.2) is 23.0 Å². The summed E-state index contributed by atoms with van der Waals surface area (Å²) in [6.07, 6.45) is 5.87. The minimum Gasteiger partial charge on any atom is -0.361 e. The maximum absolute atomic E-state index is 12.4. The molecule has 0 fully saturated rings. The topological polar surface area (TPSA) is 75.4 Å². The lowest BCUT2D eigenvalue weighted by atomic mass is 10.2. The molecule has 116 valence electrons. The Labute approximate surface area is 128 Å². The average molecular weight is 301 g/mol. The van der Waals surface area contributed by atoms with Gasteiger partial charge in [-0.15, -0.1) is 0 Å². The van der Waals surface area contributed by atoms with Gasteiger partial charge in [-0.25, -0.2) is 9.97 Å². The molecule has 0 bridgehead atoms. The van der Waals surface area contributed by atoms with Crippen molar-refractivity contribution in [3.8, 4) is 0 Å². The van der Waals surface area contributed by atoms with Crippen molar-refractivity contribution in [1.29, 1.82) is 0 Å². The predicted molar refractivity (Wildman–Crippen MR) is 80.5 cm³/mol. The third-order valence-electron chi connectivity index (χ3n) is 3.69. The summed E-state index contributed by atoms with van der Waals surface area (Å²) in [7, 11) is 1.92. The van der Waals surface area contributed by atoms with E-state index in [9.17, 15) is 4.79 Å². The number of hydrogen-bond donors (Lipinski definition) is 0. The van der Waals surface area contributed by atoms with Crippen molar-refractivity contribution in [3.05, 3.63) is 35.6 Å². The standard InChI is InChI=1S/C15H19N5O2/c1-11-9-12(22-18-11)5-3-4-8-20-10-19(2)14-13(15(20)21)16-6-7-17-14/h6-7,9H,3-5,8,10H2,1-2H3. The first-order chi connectivity index (χ1) is 10.6. The molecule has 0 saturated carbocycles. The van der Waals surface area contributed by atoms with Crippen molar-refractivity contribution in [1.82, 2.24) is 20.0 Å². The summed E-state index contributed by atoms with van der Waals surface area (Å²) in [6.45, 7) is 3.16. The minimum absolute atomic E-state index is 0.0447. The molecule has 3 heterocycles. The summed E-state index contributed by atoms with van der Waals surface area (Å²) in [5, 5.41) is 3.87. The zero-order valence-electron chi connectivity index (χ0n) is 12.8. The fraction of sp³-hybridized carbons (Fsp3) is 0.467. The van der Waals surface area contributed by atoms with Crippen LogP contribution in [0, 0.1) is 6.92 Å². The summed E-state index contributed by atoms with van der Waals surface area (Å²) < 4.78 is 5.18. The van der Waals surface area contributed by atoms with E-state index in [-0.39, 0.29) is 5.91 Å². The molecule has 0 atom stereocenters. The third-order valence-corrected chi connectivity index (χ3v) is 3.69. The largest absolute Gasteiger partial charge is 0.361 e. The van der Waals surface area contributed by atoms with E-state index in [0.717, 1.165) is 30.7 Å². The van der Waals surface area contributed by atoms with Gasteiger partial charge in [0.05, 0.1) is 12.4 Å². The Hall–Kier alpha value is -2.44. The lowest BCUT2D eigenvalue weighted by Crippen LogP contribution is -2.46. The van der Waals surface area contributed by atoms with Gasteiger partial charge in [0.15, 0.2) is 11.5 Å². The van der Waals surface area contributed by atoms with Crippen molar-refractivity contribution in [2.24, 2.45) is 0 Å². The first kappa shape index (κ1) is 14.5. The number of aryl methyl sites for hydroxylation is 2. The van der Waals surface area contributed by atoms with E-state index in [0.29, 0.717) is 24.7 Å². The molecule has 0 saturated heterocycles. The maximum atomic E-state index is 12.4. The summed E-state index contributed by atoms with van der Waals surface area (Å²) in [5.74, 6) is 1.51. The molecule has 0 unspecified atom stereocenters. The van der Waals surface area contributed by atoms with Crippen LogP contribution in [0.5, 0.6) is 0 Å². The van der Waals surface area contributed by atoms with Gasteiger partial charge < -0.3 is 14.3 Å². The molecule has 1 aliphatic rings. The molecule has 7 nitrogen and oxygen atoms in total. The minimum atomic E-state index is -0.0447. The summed E-state index contributed by atoms with van der Waals surface area (Å²) in [4.78, 5) is 24.5. The van der Waals surface area contributed by atoms with Crippen molar-refractivity contribution in [3.63, 3.8) is 0 Å². The molecule has 0 radical (unpaired) electrons. The van der Waals surface area contributed by atoms with Gasteiger partial charge >= 0.3 is 0 Å². The SMILES string of the molecule is Cc1cc(CCCCN2CN(C)c3nccnc3C2=O)on1. The zero-order valence-corrected chi connectivity index (χ0v) is 12.8. The second-order valence-corrected chi connectivity index (χ2v) is 5.53. The number of carbonyl (C=O) groups excluding carboxylic acids is 1. The fourth-order valence-electron chi connectivity index (χ4n) is 2.61. The molecule has 0 aliphatic carbocycles. The molecule has 7 heteroatoms.